The van der Waals surface area contributed by atoms with Crippen LogP contribution in [0.15, 0.2) is 18.2 Å². The third-order valence-corrected chi connectivity index (χ3v) is 4.46. The summed E-state index contributed by atoms with van der Waals surface area (Å²) in [5.74, 6) is 0.242. The lowest BCUT2D eigenvalue weighted by Crippen LogP contribution is -2.42. The molecule has 0 aromatic heterocycles. The molecular formula is C12H12Cl2N2O3S. The lowest BCUT2D eigenvalue weighted by Gasteiger charge is -2.22. The number of hydrogen-bond acceptors (Lipinski definition) is 4. The van der Waals surface area contributed by atoms with Crippen LogP contribution in [-0.2, 0) is 9.53 Å². The van der Waals surface area contributed by atoms with Gasteiger partial charge in [-0.1, -0.05) is 23.2 Å². The average molecular weight is 335 g/mol. The third-order valence-electron chi connectivity index (χ3n) is 2.73. The average Bonchev–Trinajstić information content (AvgIpc) is 2.90. The summed E-state index contributed by atoms with van der Waals surface area (Å²) in [6.45, 7) is 0.474. The van der Waals surface area contributed by atoms with Gasteiger partial charge in [-0.3, -0.25) is 0 Å². The number of benzene rings is 1. The summed E-state index contributed by atoms with van der Waals surface area (Å²) in [5.41, 5.74) is 0.446. The summed E-state index contributed by atoms with van der Waals surface area (Å²) in [6, 6.07) is 4.38. The highest BCUT2D eigenvalue weighted by Crippen LogP contribution is 2.28. The summed E-state index contributed by atoms with van der Waals surface area (Å²) >= 11 is 13.1. The number of rotatable bonds is 2. The molecule has 1 unspecified atom stereocenters. The molecule has 1 atom stereocenters. The van der Waals surface area contributed by atoms with Gasteiger partial charge in [0.2, 0.25) is 0 Å². The van der Waals surface area contributed by atoms with Crippen LogP contribution in [0.5, 0.6) is 0 Å². The molecule has 1 aliphatic heterocycles. The van der Waals surface area contributed by atoms with Gasteiger partial charge in [-0.05, 0) is 18.2 Å². The van der Waals surface area contributed by atoms with Gasteiger partial charge in [-0.2, -0.15) is 0 Å². The summed E-state index contributed by atoms with van der Waals surface area (Å²) in [5, 5.41) is 2.87. The van der Waals surface area contributed by atoms with E-state index < -0.39 is 17.4 Å². The Hall–Kier alpha value is -1.11. The minimum Gasteiger partial charge on any atom is -0.467 e. The molecule has 108 valence electrons. The second kappa shape index (κ2) is 6.56. The highest BCUT2D eigenvalue weighted by atomic mass is 35.5. The molecule has 0 aliphatic carbocycles. The molecule has 1 saturated heterocycles. The van der Waals surface area contributed by atoms with Crippen LogP contribution in [0, 0.1) is 0 Å². The van der Waals surface area contributed by atoms with Crippen molar-refractivity contribution in [2.45, 2.75) is 5.37 Å². The number of amides is 2. The number of urea groups is 1. The first kappa shape index (κ1) is 15.3. The maximum Gasteiger partial charge on any atom is 0.339 e. The minimum absolute atomic E-state index is 0.340. The number of thioether (sulfide) groups is 1. The fourth-order valence-electron chi connectivity index (χ4n) is 1.75. The van der Waals surface area contributed by atoms with Gasteiger partial charge in [0.15, 0.2) is 5.37 Å². The van der Waals surface area contributed by atoms with Gasteiger partial charge in [-0.25, -0.2) is 9.59 Å². The Morgan fingerprint density at radius 1 is 1.45 bits per heavy atom. The molecule has 0 bridgehead atoms. The van der Waals surface area contributed by atoms with E-state index in [-0.39, 0.29) is 0 Å². The zero-order valence-corrected chi connectivity index (χ0v) is 12.9. The van der Waals surface area contributed by atoms with Crippen LogP contribution in [0.2, 0.25) is 10.0 Å². The normalized spacial score (nSPS) is 17.9. The summed E-state index contributed by atoms with van der Waals surface area (Å²) in [4.78, 5) is 25.2. The van der Waals surface area contributed by atoms with E-state index >= 15 is 0 Å². The lowest BCUT2D eigenvalue weighted by atomic mass is 10.3. The summed E-state index contributed by atoms with van der Waals surface area (Å²) in [6.07, 6.45) is 0. The zero-order valence-electron chi connectivity index (χ0n) is 10.6. The predicted molar refractivity (Wildman–Crippen MR) is 80.4 cm³/mol. The van der Waals surface area contributed by atoms with Crippen molar-refractivity contribution in [2.75, 3.05) is 24.7 Å². The number of nitrogens with zero attached hydrogens (tertiary/aromatic N) is 1. The van der Waals surface area contributed by atoms with Crippen LogP contribution < -0.4 is 5.32 Å². The van der Waals surface area contributed by atoms with Crippen molar-refractivity contribution in [1.29, 1.82) is 0 Å². The molecule has 2 rings (SSSR count). The first-order valence-corrected chi connectivity index (χ1v) is 7.55. The van der Waals surface area contributed by atoms with Crippen LogP contribution in [0.3, 0.4) is 0 Å². The number of hydrogen-bond donors (Lipinski definition) is 1. The van der Waals surface area contributed by atoms with Crippen molar-refractivity contribution in [3.05, 3.63) is 28.2 Å². The molecule has 1 aliphatic rings. The van der Waals surface area contributed by atoms with Crippen molar-refractivity contribution < 1.29 is 14.3 Å². The number of carbonyl (C=O) groups excluding carboxylic acids is 2. The van der Waals surface area contributed by atoms with Gasteiger partial charge in [0.25, 0.3) is 0 Å². The van der Waals surface area contributed by atoms with Crippen molar-refractivity contribution in [1.82, 2.24) is 4.90 Å². The van der Waals surface area contributed by atoms with Gasteiger partial charge in [-0.15, -0.1) is 11.8 Å². The van der Waals surface area contributed by atoms with Crippen molar-refractivity contribution in [2.24, 2.45) is 0 Å². The van der Waals surface area contributed by atoms with Crippen molar-refractivity contribution in [3.63, 3.8) is 0 Å². The number of nitrogens with one attached hydrogen (secondary N) is 1. The molecule has 1 fully saturated rings. The van der Waals surface area contributed by atoms with Gasteiger partial charge in [0, 0.05) is 17.3 Å². The van der Waals surface area contributed by atoms with E-state index in [1.165, 1.54) is 29.8 Å². The number of anilines is 1. The second-order valence-corrected chi connectivity index (χ2v) is 6.03. The zero-order chi connectivity index (χ0) is 14.7. The Bertz CT molecular complexity index is 541. The first-order chi connectivity index (χ1) is 9.52. The van der Waals surface area contributed by atoms with E-state index in [1.807, 2.05) is 0 Å². The number of esters is 1. The van der Waals surface area contributed by atoms with Crippen LogP contribution in [0.1, 0.15) is 0 Å². The predicted octanol–water partition coefficient (Wildman–Crippen LogP) is 3.07. The Morgan fingerprint density at radius 3 is 2.85 bits per heavy atom. The minimum atomic E-state index is -0.619. The molecular weight excluding hydrogens is 323 g/mol. The monoisotopic (exact) mass is 334 g/mol. The molecule has 1 N–H and O–H groups in total. The quantitative estimate of drug-likeness (QED) is 0.844. The standard InChI is InChI=1S/C12H12Cl2N2O3S/c1-19-11(17)10-16(4-5-20-10)12(18)15-9-3-2-7(13)6-8(9)14/h2-3,6,10H,4-5H2,1H3,(H,15,18). The summed E-state index contributed by atoms with van der Waals surface area (Å²) < 4.78 is 4.68. The van der Waals surface area contributed by atoms with Crippen LogP contribution in [0.25, 0.3) is 0 Å². The molecule has 2 amide bonds. The number of methoxy groups -OCH3 is 1. The van der Waals surface area contributed by atoms with Crippen LogP contribution >= 0.6 is 35.0 Å². The fourth-order valence-corrected chi connectivity index (χ4v) is 3.35. The van der Waals surface area contributed by atoms with Gasteiger partial charge < -0.3 is 15.0 Å². The molecule has 1 aromatic rings. The van der Waals surface area contributed by atoms with E-state index in [4.69, 9.17) is 23.2 Å². The molecule has 20 heavy (non-hydrogen) atoms. The molecule has 0 saturated carbocycles. The maximum absolute atomic E-state index is 12.2. The van der Waals surface area contributed by atoms with E-state index in [1.54, 1.807) is 12.1 Å². The topological polar surface area (TPSA) is 58.6 Å². The Labute approximate surface area is 130 Å². The molecule has 8 heteroatoms. The maximum atomic E-state index is 12.2. The number of carbonyl (C=O) groups is 2. The largest absolute Gasteiger partial charge is 0.467 e. The highest BCUT2D eigenvalue weighted by molar-refractivity contribution is 8.00. The third kappa shape index (κ3) is 3.31. The first-order valence-electron chi connectivity index (χ1n) is 5.75. The smallest absolute Gasteiger partial charge is 0.339 e. The molecule has 0 radical (unpaired) electrons. The van der Waals surface area contributed by atoms with Crippen LogP contribution in [-0.4, -0.2) is 41.7 Å². The van der Waals surface area contributed by atoms with Crippen molar-refractivity contribution >= 4 is 52.7 Å². The van der Waals surface area contributed by atoms with Gasteiger partial charge in [0.05, 0.1) is 17.8 Å². The molecule has 0 spiro atoms. The Kier molecular flexibility index (Phi) is 5.01. The second-order valence-electron chi connectivity index (χ2n) is 3.99. The van der Waals surface area contributed by atoms with Gasteiger partial charge >= 0.3 is 12.0 Å². The van der Waals surface area contributed by atoms with E-state index in [9.17, 15) is 9.59 Å². The number of ether oxygens (including phenoxy) is 1. The highest BCUT2D eigenvalue weighted by Gasteiger charge is 2.35. The lowest BCUT2D eigenvalue weighted by molar-refractivity contribution is -0.142. The molecule has 5 nitrogen and oxygen atoms in total. The van der Waals surface area contributed by atoms with Crippen LogP contribution in [0.4, 0.5) is 10.5 Å². The molecule has 1 heterocycles. The van der Waals surface area contributed by atoms with E-state index in [0.717, 1.165) is 0 Å². The van der Waals surface area contributed by atoms with Crippen molar-refractivity contribution in [3.8, 4) is 0 Å². The van der Waals surface area contributed by atoms with E-state index in [0.29, 0.717) is 28.0 Å². The summed E-state index contributed by atoms with van der Waals surface area (Å²) in [7, 11) is 1.30. The SMILES string of the molecule is COC(=O)C1SCCN1C(=O)Nc1ccc(Cl)cc1Cl. The Balaban J connectivity index is 2.09. The fraction of sp³-hybridized carbons (Fsp3) is 0.333. The van der Waals surface area contributed by atoms with Gasteiger partial charge in [0.1, 0.15) is 0 Å². The molecule has 1 aromatic carbocycles. The Morgan fingerprint density at radius 2 is 2.20 bits per heavy atom. The van der Waals surface area contributed by atoms with E-state index in [2.05, 4.69) is 10.1 Å². The number of halogens is 2.